The number of hydrogen-bond acceptors (Lipinski definition) is 4. The topological polar surface area (TPSA) is 75.2 Å². The number of ether oxygens (including phenoxy) is 1. The summed E-state index contributed by atoms with van der Waals surface area (Å²) in [5.41, 5.74) is 8.39. The van der Waals surface area contributed by atoms with E-state index in [1.165, 1.54) is 0 Å². The van der Waals surface area contributed by atoms with Crippen molar-refractivity contribution < 1.29 is 4.74 Å². The summed E-state index contributed by atoms with van der Waals surface area (Å²) in [4.78, 5) is 6.70. The predicted octanol–water partition coefficient (Wildman–Crippen LogP) is 2.07. The number of amidine groups is 1. The lowest BCUT2D eigenvalue weighted by Gasteiger charge is -2.23. The number of nitrogens with two attached hydrogens (primary N) is 1. The van der Waals surface area contributed by atoms with E-state index >= 15 is 0 Å². The molecule has 0 saturated carbocycles. The van der Waals surface area contributed by atoms with Crippen molar-refractivity contribution in [2.75, 3.05) is 18.1 Å². The minimum absolute atomic E-state index is 0.0379. The van der Waals surface area contributed by atoms with Crippen LogP contribution in [0.1, 0.15) is 16.8 Å². The highest BCUT2D eigenvalue weighted by Crippen LogP contribution is 2.27. The largest absolute Gasteiger partial charge is 0.491 e. The molecule has 0 radical (unpaired) electrons. The van der Waals surface area contributed by atoms with Crippen LogP contribution in [0.3, 0.4) is 0 Å². The van der Waals surface area contributed by atoms with E-state index in [1.807, 2.05) is 37.3 Å². The number of pyridine rings is 1. The van der Waals surface area contributed by atoms with E-state index < -0.39 is 0 Å². The van der Waals surface area contributed by atoms with Gasteiger partial charge in [0.2, 0.25) is 0 Å². The Labute approximate surface area is 123 Å². The van der Waals surface area contributed by atoms with Crippen molar-refractivity contribution in [2.24, 2.45) is 5.73 Å². The quantitative estimate of drug-likeness (QED) is 0.653. The maximum absolute atomic E-state index is 7.74. The fraction of sp³-hybridized carbons (Fsp3) is 0.250. The van der Waals surface area contributed by atoms with Gasteiger partial charge in [-0.05, 0) is 25.1 Å². The third-order valence-corrected chi connectivity index (χ3v) is 3.56. The molecule has 0 fully saturated rings. The number of rotatable bonds is 2. The van der Waals surface area contributed by atoms with E-state index in [-0.39, 0.29) is 5.84 Å². The fourth-order valence-electron chi connectivity index (χ4n) is 2.50. The molecule has 1 aromatic heterocycles. The van der Waals surface area contributed by atoms with Gasteiger partial charge in [-0.25, -0.2) is 4.98 Å². The molecule has 3 N–H and O–H groups in total. The number of nitrogens with zero attached hydrogens (tertiary/aromatic N) is 2. The SMILES string of the molecule is Cc1ccc(C(=N)N)c(N2CCOc3ccccc3C2)n1. The van der Waals surface area contributed by atoms with E-state index in [9.17, 15) is 0 Å². The molecule has 2 aromatic rings. The van der Waals surface area contributed by atoms with Gasteiger partial charge in [0.15, 0.2) is 0 Å². The Morgan fingerprint density at radius 1 is 1.29 bits per heavy atom. The molecular formula is C16H18N4O. The summed E-state index contributed by atoms with van der Waals surface area (Å²) in [6.45, 7) is 3.94. The first-order valence-corrected chi connectivity index (χ1v) is 6.93. The minimum Gasteiger partial charge on any atom is -0.491 e. The van der Waals surface area contributed by atoms with Gasteiger partial charge in [0.25, 0.3) is 0 Å². The van der Waals surface area contributed by atoms with Crippen molar-refractivity contribution in [3.63, 3.8) is 0 Å². The molecule has 0 aliphatic carbocycles. The van der Waals surface area contributed by atoms with Crippen molar-refractivity contribution in [2.45, 2.75) is 13.5 Å². The number of aryl methyl sites for hydroxylation is 1. The van der Waals surface area contributed by atoms with Crippen molar-refractivity contribution in [3.05, 3.63) is 53.2 Å². The summed E-state index contributed by atoms with van der Waals surface area (Å²) in [6.07, 6.45) is 0. The van der Waals surface area contributed by atoms with Gasteiger partial charge in [-0.3, -0.25) is 5.41 Å². The van der Waals surface area contributed by atoms with Crippen LogP contribution in [0.4, 0.5) is 5.82 Å². The van der Waals surface area contributed by atoms with Gasteiger partial charge in [0, 0.05) is 17.8 Å². The van der Waals surface area contributed by atoms with Crippen LogP contribution < -0.4 is 15.4 Å². The average molecular weight is 282 g/mol. The molecule has 0 unspecified atom stereocenters. The number of benzene rings is 1. The maximum Gasteiger partial charge on any atom is 0.140 e. The second-order valence-electron chi connectivity index (χ2n) is 5.12. The van der Waals surface area contributed by atoms with Gasteiger partial charge < -0.3 is 15.4 Å². The number of anilines is 1. The molecule has 0 bridgehead atoms. The lowest BCUT2D eigenvalue weighted by atomic mass is 10.1. The van der Waals surface area contributed by atoms with E-state index in [4.69, 9.17) is 15.9 Å². The second-order valence-corrected chi connectivity index (χ2v) is 5.12. The second kappa shape index (κ2) is 5.44. The van der Waals surface area contributed by atoms with Crippen LogP contribution in [0.5, 0.6) is 5.75 Å². The minimum atomic E-state index is 0.0379. The zero-order valence-corrected chi connectivity index (χ0v) is 12.0. The van der Waals surface area contributed by atoms with Crippen molar-refractivity contribution in [1.29, 1.82) is 5.41 Å². The zero-order valence-electron chi connectivity index (χ0n) is 12.0. The van der Waals surface area contributed by atoms with Crippen LogP contribution >= 0.6 is 0 Å². The highest BCUT2D eigenvalue weighted by molar-refractivity contribution is 5.99. The van der Waals surface area contributed by atoms with E-state index in [1.54, 1.807) is 0 Å². The average Bonchev–Trinajstić information content (AvgIpc) is 2.68. The van der Waals surface area contributed by atoms with Crippen LogP contribution in [-0.4, -0.2) is 24.0 Å². The predicted molar refractivity (Wildman–Crippen MR) is 83.0 cm³/mol. The van der Waals surface area contributed by atoms with Gasteiger partial charge >= 0.3 is 0 Å². The van der Waals surface area contributed by atoms with Crippen LogP contribution in [-0.2, 0) is 6.54 Å². The number of nitrogens with one attached hydrogen (secondary N) is 1. The number of hydrogen-bond donors (Lipinski definition) is 2. The molecule has 5 heteroatoms. The number of para-hydroxylation sites is 1. The fourth-order valence-corrected chi connectivity index (χ4v) is 2.50. The Balaban J connectivity index is 2.01. The van der Waals surface area contributed by atoms with Crippen molar-refractivity contribution in [3.8, 4) is 5.75 Å². The summed E-state index contributed by atoms with van der Waals surface area (Å²) in [5, 5.41) is 7.74. The highest BCUT2D eigenvalue weighted by Gasteiger charge is 2.20. The molecule has 5 nitrogen and oxygen atoms in total. The molecular weight excluding hydrogens is 264 g/mol. The summed E-state index contributed by atoms with van der Waals surface area (Å²) in [6, 6.07) is 11.7. The Kier molecular flexibility index (Phi) is 3.48. The van der Waals surface area contributed by atoms with Gasteiger partial charge in [-0.15, -0.1) is 0 Å². The third kappa shape index (κ3) is 2.67. The standard InChI is InChI=1S/C16H18N4O/c1-11-6-7-13(15(17)18)16(19-11)20-8-9-21-14-5-3-2-4-12(14)10-20/h2-7H,8-10H2,1H3,(H3,17,18). The molecule has 1 aliphatic rings. The van der Waals surface area contributed by atoms with Gasteiger partial charge in [-0.2, -0.15) is 0 Å². The number of fused-ring (bicyclic) bond motifs is 1. The molecule has 1 aliphatic heterocycles. The Hall–Kier alpha value is -2.56. The van der Waals surface area contributed by atoms with Crippen molar-refractivity contribution >= 4 is 11.7 Å². The molecule has 21 heavy (non-hydrogen) atoms. The molecule has 0 saturated heterocycles. The molecule has 0 atom stereocenters. The summed E-state index contributed by atoms with van der Waals surface area (Å²) in [7, 11) is 0. The van der Waals surface area contributed by atoms with Crippen LogP contribution in [0, 0.1) is 12.3 Å². The smallest absolute Gasteiger partial charge is 0.140 e. The van der Waals surface area contributed by atoms with E-state index in [0.29, 0.717) is 25.3 Å². The molecule has 0 spiro atoms. The van der Waals surface area contributed by atoms with Crippen LogP contribution in [0.2, 0.25) is 0 Å². The van der Waals surface area contributed by atoms with E-state index in [2.05, 4.69) is 16.0 Å². The first kappa shape index (κ1) is 13.4. The highest BCUT2D eigenvalue weighted by atomic mass is 16.5. The van der Waals surface area contributed by atoms with Gasteiger partial charge in [-0.1, -0.05) is 18.2 Å². The Bertz CT molecular complexity index is 684. The maximum atomic E-state index is 7.74. The van der Waals surface area contributed by atoms with E-state index in [0.717, 1.165) is 22.8 Å². The molecule has 0 amide bonds. The lowest BCUT2D eigenvalue weighted by molar-refractivity contribution is 0.331. The molecule has 2 heterocycles. The number of nitrogen functional groups attached to an aromatic ring is 1. The van der Waals surface area contributed by atoms with Crippen LogP contribution in [0.15, 0.2) is 36.4 Å². The third-order valence-electron chi connectivity index (χ3n) is 3.56. The van der Waals surface area contributed by atoms with Crippen molar-refractivity contribution in [1.82, 2.24) is 4.98 Å². The summed E-state index contributed by atoms with van der Waals surface area (Å²) >= 11 is 0. The van der Waals surface area contributed by atoms with Gasteiger partial charge in [0.05, 0.1) is 12.1 Å². The lowest BCUT2D eigenvalue weighted by Crippen LogP contribution is -2.29. The number of aromatic nitrogens is 1. The summed E-state index contributed by atoms with van der Waals surface area (Å²) < 4.78 is 5.78. The zero-order chi connectivity index (χ0) is 14.8. The van der Waals surface area contributed by atoms with Gasteiger partial charge in [0.1, 0.15) is 24.0 Å². The molecule has 3 rings (SSSR count). The first-order chi connectivity index (χ1) is 10.1. The normalized spacial score (nSPS) is 14.0. The first-order valence-electron chi connectivity index (χ1n) is 6.93. The summed E-state index contributed by atoms with van der Waals surface area (Å²) in [5.74, 6) is 1.70. The Morgan fingerprint density at radius 3 is 2.90 bits per heavy atom. The molecule has 1 aromatic carbocycles. The molecule has 108 valence electrons. The Morgan fingerprint density at radius 2 is 2.10 bits per heavy atom. The monoisotopic (exact) mass is 282 g/mol. The van der Waals surface area contributed by atoms with Crippen LogP contribution in [0.25, 0.3) is 0 Å².